The van der Waals surface area contributed by atoms with Crippen LogP contribution < -0.4 is 15.0 Å². The van der Waals surface area contributed by atoms with Gasteiger partial charge in [-0.25, -0.2) is 9.83 Å². The molecule has 302 valence electrons. The highest BCUT2D eigenvalue weighted by Gasteiger charge is 2.67. The second-order valence-corrected chi connectivity index (χ2v) is 18.2. The van der Waals surface area contributed by atoms with Gasteiger partial charge >= 0.3 is 0 Å². The largest absolute Gasteiger partial charge is 0.489 e. The average molecular weight is 814 g/mol. The molecular weight excluding hydrogens is 770 g/mol. The van der Waals surface area contributed by atoms with E-state index in [1.54, 1.807) is 24.3 Å². The summed E-state index contributed by atoms with van der Waals surface area (Å²) < 4.78 is 6.48. The molecular formula is C45H44ClN7O6. The van der Waals surface area contributed by atoms with E-state index in [2.05, 4.69) is 70.5 Å². The summed E-state index contributed by atoms with van der Waals surface area (Å²) in [4.78, 5) is 79.7. The number of carbonyl (C=O) groups is 5. The Balaban J connectivity index is 0.777. The van der Waals surface area contributed by atoms with Gasteiger partial charge in [-0.15, -0.1) is 0 Å². The smallest absolute Gasteiger partial charge is 0.263 e. The van der Waals surface area contributed by atoms with Crippen LogP contribution in [0.1, 0.15) is 95.6 Å². The van der Waals surface area contributed by atoms with Gasteiger partial charge in [0, 0.05) is 72.2 Å². The van der Waals surface area contributed by atoms with Gasteiger partial charge in [-0.05, 0) is 74.3 Å². The first-order valence-corrected chi connectivity index (χ1v) is 20.5. The van der Waals surface area contributed by atoms with Crippen LogP contribution in [0.3, 0.4) is 0 Å². The number of likely N-dealkylation sites (tertiary alicyclic amines) is 1. The minimum atomic E-state index is -1.01. The molecule has 1 unspecified atom stereocenters. The molecule has 1 atom stereocenters. The van der Waals surface area contributed by atoms with Crippen LogP contribution in [-0.4, -0.2) is 99.6 Å². The van der Waals surface area contributed by atoms with E-state index in [0.29, 0.717) is 34.9 Å². The quantitative estimate of drug-likeness (QED) is 0.195. The van der Waals surface area contributed by atoms with Crippen molar-refractivity contribution in [1.82, 2.24) is 25.0 Å². The molecule has 6 aliphatic rings. The summed E-state index contributed by atoms with van der Waals surface area (Å²) in [6, 6.07) is 12.0. The van der Waals surface area contributed by atoms with Gasteiger partial charge in [0.1, 0.15) is 23.7 Å². The molecule has 5 amide bonds. The number of carbonyl (C=O) groups excluding carboxylic acids is 5. The van der Waals surface area contributed by atoms with Gasteiger partial charge in [0.15, 0.2) is 0 Å². The van der Waals surface area contributed by atoms with Crippen molar-refractivity contribution in [3.8, 4) is 17.6 Å². The molecule has 3 saturated heterocycles. The first kappa shape index (κ1) is 38.7. The molecule has 4 fully saturated rings. The van der Waals surface area contributed by atoms with E-state index in [9.17, 15) is 24.0 Å². The molecule has 1 aromatic heterocycles. The lowest BCUT2D eigenvalue weighted by Crippen LogP contribution is -2.74. The Kier molecular flexibility index (Phi) is 9.33. The van der Waals surface area contributed by atoms with Gasteiger partial charge in [0.25, 0.3) is 17.7 Å². The number of anilines is 1. The van der Waals surface area contributed by atoms with E-state index in [4.69, 9.17) is 22.9 Å². The van der Waals surface area contributed by atoms with Crippen molar-refractivity contribution < 1.29 is 28.7 Å². The summed E-state index contributed by atoms with van der Waals surface area (Å²) >= 11 is 6.30. The summed E-state index contributed by atoms with van der Waals surface area (Å²) in [5, 5.41) is 2.58. The number of benzene rings is 2. The number of ether oxygens (including phenoxy) is 1. The fourth-order valence-electron chi connectivity index (χ4n) is 10.6. The highest BCUT2D eigenvalue weighted by Crippen LogP contribution is 2.59. The fourth-order valence-corrected chi connectivity index (χ4v) is 10.8. The van der Waals surface area contributed by atoms with Crippen molar-refractivity contribution >= 4 is 52.6 Å². The maximum absolute atomic E-state index is 13.8. The number of amides is 5. The lowest BCUT2D eigenvalue weighted by Gasteiger charge is -2.65. The fraction of sp³-hybridized carbons (Fsp3) is 0.444. The van der Waals surface area contributed by atoms with Crippen LogP contribution in [0.2, 0.25) is 5.02 Å². The van der Waals surface area contributed by atoms with E-state index in [0.717, 1.165) is 60.6 Å². The molecule has 2 aromatic carbocycles. The highest BCUT2D eigenvalue weighted by atomic mass is 35.5. The first-order chi connectivity index (χ1) is 28.1. The zero-order valence-corrected chi connectivity index (χ0v) is 34.1. The molecule has 5 aliphatic heterocycles. The molecule has 6 heterocycles. The lowest BCUT2D eigenvalue weighted by molar-refractivity contribution is -0.199. The van der Waals surface area contributed by atoms with Crippen molar-refractivity contribution in [3.63, 3.8) is 0 Å². The van der Waals surface area contributed by atoms with Crippen LogP contribution in [-0.2, 0) is 16.1 Å². The SMILES string of the molecule is [C-]#[N+]c1ccc(OC2C(C)(C)C(N3Cc4cc(C#CC5CCN(C6CN(c7cc8c(cn7)C(=O)N(C7CCC(=O)NC7=O)C8=O)C6)CC5)ccc4C3=O)C2(C)C)cc1Cl. The second kappa shape index (κ2) is 14.2. The molecule has 1 aliphatic carbocycles. The number of fused-ring (bicyclic) bond motifs is 2. The Labute approximate surface area is 347 Å². The monoisotopic (exact) mass is 813 g/mol. The van der Waals surface area contributed by atoms with Crippen LogP contribution in [0.5, 0.6) is 5.75 Å². The third-order valence-corrected chi connectivity index (χ3v) is 13.6. The molecule has 14 heteroatoms. The Morgan fingerprint density at radius 3 is 2.32 bits per heavy atom. The van der Waals surface area contributed by atoms with Crippen molar-refractivity contribution in [3.05, 3.63) is 92.9 Å². The molecule has 0 radical (unpaired) electrons. The van der Waals surface area contributed by atoms with Gasteiger partial charge in [-0.1, -0.05) is 57.2 Å². The number of nitrogens with zero attached hydrogens (tertiary/aromatic N) is 6. The third-order valence-electron chi connectivity index (χ3n) is 13.3. The number of rotatable bonds is 6. The Morgan fingerprint density at radius 2 is 1.63 bits per heavy atom. The summed E-state index contributed by atoms with van der Waals surface area (Å²) in [5.74, 6) is 6.32. The number of piperidine rings is 2. The lowest BCUT2D eigenvalue weighted by atomic mass is 9.49. The number of aromatic nitrogens is 1. The predicted molar refractivity (Wildman–Crippen MR) is 218 cm³/mol. The number of pyridine rings is 1. The van der Waals surface area contributed by atoms with Crippen molar-refractivity contribution in [1.29, 1.82) is 0 Å². The summed E-state index contributed by atoms with van der Waals surface area (Å²) in [7, 11) is 0. The van der Waals surface area contributed by atoms with E-state index in [-0.39, 0.29) is 58.8 Å². The standard InChI is InChI=1S/C45H44ClN7O6/c1-44(2)42(45(3,4)43(44)59-29-9-11-34(47-5)33(46)19-29)52-22-27-18-26(8-10-30(27)39(52)56)7-6-25-14-16-50(17-15-25)28-23-51(24-28)36-20-31-32(21-48-36)41(58)53(40(31)57)35-12-13-37(54)49-38(35)55/h8-11,18-21,25,28,35,42-43H,12-17,22-24H2,1-4H3,(H,49,54,55). The first-order valence-electron chi connectivity index (χ1n) is 20.2. The van der Waals surface area contributed by atoms with E-state index >= 15 is 0 Å². The van der Waals surface area contributed by atoms with Crippen molar-refractivity contribution in [2.24, 2.45) is 16.7 Å². The Bertz CT molecular complexity index is 2440. The molecule has 9 rings (SSSR count). The number of hydrogen-bond acceptors (Lipinski definition) is 9. The molecule has 13 nitrogen and oxygen atoms in total. The van der Waals surface area contributed by atoms with Crippen LogP contribution in [0.4, 0.5) is 11.5 Å². The minimum Gasteiger partial charge on any atom is -0.489 e. The Morgan fingerprint density at radius 1 is 0.898 bits per heavy atom. The third kappa shape index (κ3) is 6.43. The Hall–Kier alpha value is -5.76. The second-order valence-electron chi connectivity index (χ2n) is 17.7. The maximum atomic E-state index is 13.8. The molecule has 1 saturated carbocycles. The number of imide groups is 2. The molecule has 0 bridgehead atoms. The normalized spacial score (nSPS) is 25.1. The summed E-state index contributed by atoms with van der Waals surface area (Å²) in [6.07, 6.45) is 3.33. The number of halogens is 1. The number of hydrogen-bond donors (Lipinski definition) is 1. The zero-order valence-electron chi connectivity index (χ0n) is 33.4. The van der Waals surface area contributed by atoms with E-state index < -0.39 is 29.7 Å². The minimum absolute atomic E-state index is 0.0301. The van der Waals surface area contributed by atoms with E-state index in [1.165, 1.54) is 6.20 Å². The van der Waals surface area contributed by atoms with Crippen molar-refractivity contribution in [2.45, 2.75) is 84.2 Å². The zero-order chi connectivity index (χ0) is 41.5. The number of nitrogens with one attached hydrogen (secondary N) is 1. The summed E-state index contributed by atoms with van der Waals surface area (Å²) in [5.41, 5.74) is 2.73. The van der Waals surface area contributed by atoms with Gasteiger partial charge < -0.3 is 14.5 Å². The van der Waals surface area contributed by atoms with Crippen molar-refractivity contribution in [2.75, 3.05) is 31.1 Å². The van der Waals surface area contributed by atoms with Gasteiger partial charge in [-0.3, -0.25) is 39.1 Å². The molecule has 3 aromatic rings. The summed E-state index contributed by atoms with van der Waals surface area (Å²) in [6.45, 7) is 19.7. The van der Waals surface area contributed by atoms with Gasteiger partial charge in [-0.2, -0.15) is 0 Å². The van der Waals surface area contributed by atoms with Crippen LogP contribution in [0.25, 0.3) is 4.85 Å². The average Bonchev–Trinajstić information content (AvgIpc) is 3.62. The van der Waals surface area contributed by atoms with Crippen LogP contribution in [0, 0.1) is 35.2 Å². The molecule has 1 N–H and O–H groups in total. The highest BCUT2D eigenvalue weighted by molar-refractivity contribution is 6.33. The van der Waals surface area contributed by atoms with Gasteiger partial charge in [0.2, 0.25) is 17.5 Å². The van der Waals surface area contributed by atoms with Crippen LogP contribution >= 0.6 is 11.6 Å². The topological polar surface area (TPSA) is 137 Å². The van der Waals surface area contributed by atoms with E-state index in [1.807, 2.05) is 17.0 Å². The van der Waals surface area contributed by atoms with Crippen LogP contribution in [0.15, 0.2) is 48.7 Å². The molecule has 0 spiro atoms. The predicted octanol–water partition coefficient (Wildman–Crippen LogP) is 5.48. The molecule has 59 heavy (non-hydrogen) atoms. The maximum Gasteiger partial charge on any atom is 0.263 e. The van der Waals surface area contributed by atoms with Gasteiger partial charge in [0.05, 0.1) is 22.7 Å².